The molecule has 0 aliphatic carbocycles. The van der Waals surface area contributed by atoms with E-state index in [4.69, 9.17) is 9.47 Å². The monoisotopic (exact) mass is 268 g/mol. The Kier molecular flexibility index (Phi) is 3.41. The van der Waals surface area contributed by atoms with E-state index in [1.165, 1.54) is 6.42 Å². The summed E-state index contributed by atoms with van der Waals surface area (Å²) in [5, 5.41) is 0. The van der Waals surface area contributed by atoms with E-state index in [-0.39, 0.29) is 11.1 Å². The lowest BCUT2D eigenvalue weighted by molar-refractivity contribution is -0.128. The van der Waals surface area contributed by atoms with E-state index in [2.05, 4.69) is 37.5 Å². The van der Waals surface area contributed by atoms with Gasteiger partial charge in [-0.2, -0.15) is 0 Å². The third-order valence-electron chi connectivity index (χ3n) is 5.87. The number of nitrogens with zero attached hydrogens (tertiary/aromatic N) is 2. The van der Waals surface area contributed by atoms with Crippen LogP contribution in [0.5, 0.6) is 0 Å². The summed E-state index contributed by atoms with van der Waals surface area (Å²) in [6.45, 7) is 14.4. The molecule has 0 N–H and O–H groups in total. The summed E-state index contributed by atoms with van der Waals surface area (Å²) in [4.78, 5) is 5.18. The largest absolute Gasteiger partial charge is 0.375 e. The summed E-state index contributed by atoms with van der Waals surface area (Å²) in [6, 6.07) is 0.616. The van der Waals surface area contributed by atoms with Crippen LogP contribution in [0, 0.1) is 0 Å². The predicted molar refractivity (Wildman–Crippen MR) is 75.2 cm³/mol. The standard InChI is InChI=1S/C15H28N2O2/c1-14(2,16-6-5-7-18-11-16)15(3,4)17-9-13-8-12(17)10-19-13/h12-13H,5-11H2,1-4H3/t12-,13-/m1/s1. The number of hydrogen-bond donors (Lipinski definition) is 0. The maximum absolute atomic E-state index is 5.76. The van der Waals surface area contributed by atoms with Gasteiger partial charge in [0, 0.05) is 36.8 Å². The van der Waals surface area contributed by atoms with Crippen LogP contribution in [0.25, 0.3) is 0 Å². The molecule has 3 saturated heterocycles. The van der Waals surface area contributed by atoms with Crippen molar-refractivity contribution in [2.75, 3.05) is 33.0 Å². The van der Waals surface area contributed by atoms with E-state index >= 15 is 0 Å². The summed E-state index contributed by atoms with van der Waals surface area (Å²) < 4.78 is 11.4. The molecule has 3 aliphatic heterocycles. The zero-order valence-corrected chi connectivity index (χ0v) is 12.8. The van der Waals surface area contributed by atoms with Crippen molar-refractivity contribution < 1.29 is 9.47 Å². The lowest BCUT2D eigenvalue weighted by Gasteiger charge is -2.56. The normalized spacial score (nSPS) is 34.1. The molecular formula is C15H28N2O2. The minimum absolute atomic E-state index is 0.109. The molecule has 0 aromatic heterocycles. The van der Waals surface area contributed by atoms with Crippen LogP contribution >= 0.6 is 0 Å². The van der Waals surface area contributed by atoms with Gasteiger partial charge in [-0.3, -0.25) is 9.80 Å². The molecule has 0 spiro atoms. The molecule has 3 fully saturated rings. The average Bonchev–Trinajstić information content (AvgIpc) is 3.02. The van der Waals surface area contributed by atoms with Gasteiger partial charge in [0.2, 0.25) is 0 Å². The first kappa shape index (κ1) is 13.8. The first-order valence-electron chi connectivity index (χ1n) is 7.64. The Hall–Kier alpha value is -0.160. The molecule has 0 saturated carbocycles. The van der Waals surface area contributed by atoms with Crippen molar-refractivity contribution in [1.29, 1.82) is 0 Å². The van der Waals surface area contributed by atoms with Crippen LogP contribution < -0.4 is 0 Å². The maximum Gasteiger partial charge on any atom is 0.0995 e. The Labute approximate surface area is 117 Å². The second-order valence-corrected chi connectivity index (χ2v) is 7.27. The summed E-state index contributed by atoms with van der Waals surface area (Å²) >= 11 is 0. The minimum Gasteiger partial charge on any atom is -0.375 e. The Morgan fingerprint density at radius 2 is 1.89 bits per heavy atom. The summed E-state index contributed by atoms with van der Waals surface area (Å²) in [5.74, 6) is 0. The molecule has 110 valence electrons. The topological polar surface area (TPSA) is 24.9 Å². The molecule has 3 rings (SSSR count). The van der Waals surface area contributed by atoms with Crippen molar-refractivity contribution in [2.24, 2.45) is 0 Å². The first-order chi connectivity index (χ1) is 8.93. The highest BCUT2D eigenvalue weighted by Crippen LogP contribution is 2.41. The van der Waals surface area contributed by atoms with Gasteiger partial charge in [-0.1, -0.05) is 0 Å². The zero-order valence-electron chi connectivity index (χ0n) is 12.8. The van der Waals surface area contributed by atoms with Gasteiger partial charge in [-0.05, 0) is 40.5 Å². The number of hydrogen-bond acceptors (Lipinski definition) is 4. The molecule has 0 aromatic carbocycles. The van der Waals surface area contributed by atoms with Crippen LogP contribution in [0.4, 0.5) is 0 Å². The third-order valence-corrected chi connectivity index (χ3v) is 5.87. The van der Waals surface area contributed by atoms with Crippen molar-refractivity contribution in [3.05, 3.63) is 0 Å². The molecule has 2 bridgehead atoms. The zero-order chi connectivity index (χ0) is 13.7. The van der Waals surface area contributed by atoms with Gasteiger partial charge in [-0.25, -0.2) is 0 Å². The average molecular weight is 268 g/mol. The van der Waals surface area contributed by atoms with E-state index in [9.17, 15) is 0 Å². The highest BCUT2D eigenvalue weighted by Gasteiger charge is 2.52. The lowest BCUT2D eigenvalue weighted by Crippen LogP contribution is -2.68. The van der Waals surface area contributed by atoms with E-state index in [1.807, 2.05) is 0 Å². The van der Waals surface area contributed by atoms with Crippen LogP contribution in [-0.4, -0.2) is 66.1 Å². The molecular weight excluding hydrogens is 240 g/mol. The highest BCUT2D eigenvalue weighted by molar-refractivity contribution is 5.08. The van der Waals surface area contributed by atoms with Crippen LogP contribution in [0.2, 0.25) is 0 Å². The van der Waals surface area contributed by atoms with E-state index in [0.29, 0.717) is 12.1 Å². The molecule has 2 atom stereocenters. The summed E-state index contributed by atoms with van der Waals surface area (Å²) in [5.41, 5.74) is 0.245. The van der Waals surface area contributed by atoms with E-state index < -0.39 is 0 Å². The van der Waals surface area contributed by atoms with Gasteiger partial charge >= 0.3 is 0 Å². The lowest BCUT2D eigenvalue weighted by atomic mass is 9.79. The van der Waals surface area contributed by atoms with Crippen LogP contribution in [-0.2, 0) is 9.47 Å². The summed E-state index contributed by atoms with van der Waals surface area (Å²) in [6.07, 6.45) is 2.84. The fourth-order valence-electron chi connectivity index (χ4n) is 3.86. The van der Waals surface area contributed by atoms with E-state index in [0.717, 1.165) is 39.5 Å². The molecule has 4 nitrogen and oxygen atoms in total. The van der Waals surface area contributed by atoms with Crippen molar-refractivity contribution >= 4 is 0 Å². The van der Waals surface area contributed by atoms with Gasteiger partial charge < -0.3 is 9.47 Å². The van der Waals surface area contributed by atoms with Crippen molar-refractivity contribution in [1.82, 2.24) is 9.80 Å². The van der Waals surface area contributed by atoms with Crippen molar-refractivity contribution in [2.45, 2.75) is 63.8 Å². The predicted octanol–water partition coefficient (Wildman–Crippen LogP) is 1.70. The SMILES string of the molecule is CC(C)(N1CCCOC1)C(C)(C)N1C[C@H]2C[C@@H]1CO2. The van der Waals surface area contributed by atoms with Gasteiger partial charge in [-0.15, -0.1) is 0 Å². The Bertz CT molecular complexity index is 337. The fraction of sp³-hybridized carbons (Fsp3) is 1.00. The van der Waals surface area contributed by atoms with Crippen molar-refractivity contribution in [3.8, 4) is 0 Å². The number of rotatable bonds is 3. The van der Waals surface area contributed by atoms with Crippen LogP contribution in [0.3, 0.4) is 0 Å². The molecule has 0 unspecified atom stereocenters. The Morgan fingerprint density at radius 1 is 1.11 bits per heavy atom. The Balaban J connectivity index is 1.77. The number of likely N-dealkylation sites (tertiary alicyclic amines) is 1. The molecule has 4 heteroatoms. The number of morpholine rings is 1. The van der Waals surface area contributed by atoms with Crippen LogP contribution in [0.15, 0.2) is 0 Å². The van der Waals surface area contributed by atoms with E-state index in [1.54, 1.807) is 0 Å². The highest BCUT2D eigenvalue weighted by atomic mass is 16.5. The van der Waals surface area contributed by atoms with Gasteiger partial charge in [0.1, 0.15) is 0 Å². The van der Waals surface area contributed by atoms with Gasteiger partial charge in [0.25, 0.3) is 0 Å². The molecule has 3 aliphatic rings. The quantitative estimate of drug-likeness (QED) is 0.778. The first-order valence-corrected chi connectivity index (χ1v) is 7.64. The molecule has 0 aromatic rings. The van der Waals surface area contributed by atoms with Gasteiger partial charge in [0.15, 0.2) is 0 Å². The van der Waals surface area contributed by atoms with Crippen LogP contribution in [0.1, 0.15) is 40.5 Å². The molecule has 19 heavy (non-hydrogen) atoms. The molecule has 3 heterocycles. The second-order valence-electron chi connectivity index (χ2n) is 7.27. The number of fused-ring (bicyclic) bond motifs is 2. The van der Waals surface area contributed by atoms with Gasteiger partial charge in [0.05, 0.1) is 19.4 Å². The molecule has 0 amide bonds. The summed E-state index contributed by atoms with van der Waals surface area (Å²) in [7, 11) is 0. The maximum atomic E-state index is 5.76. The number of ether oxygens (including phenoxy) is 2. The Morgan fingerprint density at radius 3 is 2.42 bits per heavy atom. The molecule has 0 radical (unpaired) electrons. The van der Waals surface area contributed by atoms with Crippen molar-refractivity contribution in [3.63, 3.8) is 0 Å². The fourth-order valence-corrected chi connectivity index (χ4v) is 3.86. The third kappa shape index (κ3) is 2.13. The smallest absolute Gasteiger partial charge is 0.0995 e. The minimum atomic E-state index is 0.109. The second kappa shape index (κ2) is 4.69.